The van der Waals surface area contributed by atoms with Gasteiger partial charge in [0.2, 0.25) is 0 Å². The lowest BCUT2D eigenvalue weighted by atomic mass is 10.1. The molecular formula is C18H19ClO4. The molecule has 23 heavy (non-hydrogen) atoms. The van der Waals surface area contributed by atoms with Gasteiger partial charge in [-0.25, -0.2) is 0 Å². The van der Waals surface area contributed by atoms with Gasteiger partial charge in [0.25, 0.3) is 0 Å². The first-order chi connectivity index (χ1) is 11.0. The summed E-state index contributed by atoms with van der Waals surface area (Å²) in [5, 5.41) is 0.751. The Hall–Kier alpha value is -2.20. The van der Waals surface area contributed by atoms with E-state index in [1.807, 2.05) is 26.0 Å². The third kappa shape index (κ3) is 4.39. The molecule has 4 nitrogen and oxygen atoms in total. The highest BCUT2D eigenvalue weighted by Gasteiger charge is 2.06. The molecule has 0 unspecified atom stereocenters. The van der Waals surface area contributed by atoms with E-state index in [-0.39, 0.29) is 0 Å². The maximum atomic E-state index is 11.0. The van der Waals surface area contributed by atoms with Crippen LogP contribution in [0.1, 0.15) is 21.5 Å². The fourth-order valence-corrected chi connectivity index (χ4v) is 2.27. The summed E-state index contributed by atoms with van der Waals surface area (Å²) < 4.78 is 16.4. The van der Waals surface area contributed by atoms with Gasteiger partial charge >= 0.3 is 0 Å². The molecule has 5 heteroatoms. The summed E-state index contributed by atoms with van der Waals surface area (Å²) in [5.41, 5.74) is 2.42. The number of halogens is 1. The maximum absolute atomic E-state index is 11.0. The summed E-state index contributed by atoms with van der Waals surface area (Å²) in [6.07, 6.45) is 0.752. The maximum Gasteiger partial charge on any atom is 0.153 e. The molecule has 0 saturated heterocycles. The number of hydrogen-bond donors (Lipinski definition) is 0. The number of methoxy groups -OCH3 is 1. The number of aldehydes is 1. The number of benzene rings is 2. The second kappa shape index (κ2) is 7.88. The van der Waals surface area contributed by atoms with Gasteiger partial charge in [0.1, 0.15) is 30.5 Å². The zero-order valence-electron chi connectivity index (χ0n) is 13.4. The lowest BCUT2D eigenvalue weighted by Gasteiger charge is -2.12. The Bertz CT molecular complexity index is 674. The predicted molar refractivity (Wildman–Crippen MR) is 90.3 cm³/mol. The Morgan fingerprint density at radius 2 is 1.65 bits per heavy atom. The van der Waals surface area contributed by atoms with E-state index in [1.165, 1.54) is 0 Å². The first kappa shape index (κ1) is 17.2. The molecule has 2 aromatic carbocycles. The molecule has 2 rings (SSSR count). The van der Waals surface area contributed by atoms with Gasteiger partial charge in [-0.3, -0.25) is 4.79 Å². The molecule has 122 valence electrons. The summed E-state index contributed by atoms with van der Waals surface area (Å²) in [6.45, 7) is 4.54. The summed E-state index contributed by atoms with van der Waals surface area (Å²) in [7, 11) is 1.56. The van der Waals surface area contributed by atoms with E-state index >= 15 is 0 Å². The van der Waals surface area contributed by atoms with Crippen LogP contribution >= 0.6 is 11.6 Å². The van der Waals surface area contributed by atoms with Crippen molar-refractivity contribution >= 4 is 17.9 Å². The van der Waals surface area contributed by atoms with Gasteiger partial charge in [0.15, 0.2) is 6.29 Å². The van der Waals surface area contributed by atoms with Crippen molar-refractivity contribution in [2.75, 3.05) is 20.3 Å². The fraction of sp³-hybridized carbons (Fsp3) is 0.278. The zero-order chi connectivity index (χ0) is 16.8. The average molecular weight is 335 g/mol. The van der Waals surface area contributed by atoms with Crippen molar-refractivity contribution in [2.45, 2.75) is 13.8 Å². The summed E-state index contributed by atoms with van der Waals surface area (Å²) in [5.74, 6) is 1.86. The summed E-state index contributed by atoms with van der Waals surface area (Å²) in [6, 6.07) is 8.83. The molecule has 0 aliphatic heterocycles. The first-order valence-electron chi connectivity index (χ1n) is 7.20. The SMILES string of the molecule is COc1ccc(C=O)c(OCCOc2cc(C)c(Cl)c(C)c2)c1. The highest BCUT2D eigenvalue weighted by atomic mass is 35.5. The van der Waals surface area contributed by atoms with E-state index < -0.39 is 0 Å². The number of ether oxygens (including phenoxy) is 3. The van der Waals surface area contributed by atoms with Crippen molar-refractivity contribution in [1.82, 2.24) is 0 Å². The van der Waals surface area contributed by atoms with Gasteiger partial charge in [0, 0.05) is 11.1 Å². The molecule has 0 heterocycles. The van der Waals surface area contributed by atoms with Crippen LogP contribution < -0.4 is 14.2 Å². The summed E-state index contributed by atoms with van der Waals surface area (Å²) >= 11 is 6.13. The van der Waals surface area contributed by atoms with Crippen molar-refractivity contribution in [3.63, 3.8) is 0 Å². The number of aryl methyl sites for hydroxylation is 2. The third-order valence-corrected chi connectivity index (χ3v) is 3.96. The molecule has 0 aromatic heterocycles. The standard InChI is InChI=1S/C18H19ClO4/c1-12-8-16(9-13(2)18(12)19)22-6-7-23-17-10-15(21-3)5-4-14(17)11-20/h4-5,8-11H,6-7H2,1-3H3. The van der Waals surface area contributed by atoms with Crippen molar-refractivity contribution in [3.05, 3.63) is 52.0 Å². The number of rotatable bonds is 7. The Morgan fingerprint density at radius 3 is 2.26 bits per heavy atom. The number of carbonyl (C=O) groups is 1. The van der Waals surface area contributed by atoms with Gasteiger partial charge in [-0.15, -0.1) is 0 Å². The van der Waals surface area contributed by atoms with Crippen LogP contribution in [0, 0.1) is 13.8 Å². The van der Waals surface area contributed by atoms with Crippen LogP contribution in [0.4, 0.5) is 0 Å². The molecule has 0 radical (unpaired) electrons. The molecule has 0 fully saturated rings. The average Bonchev–Trinajstić information content (AvgIpc) is 2.56. The highest BCUT2D eigenvalue weighted by molar-refractivity contribution is 6.32. The Balaban J connectivity index is 1.94. The lowest BCUT2D eigenvalue weighted by molar-refractivity contribution is 0.111. The minimum atomic E-state index is 0.314. The molecule has 0 atom stereocenters. The van der Waals surface area contributed by atoms with Gasteiger partial charge in [0.05, 0.1) is 12.7 Å². The minimum Gasteiger partial charge on any atom is -0.497 e. The van der Waals surface area contributed by atoms with E-state index in [2.05, 4.69) is 0 Å². The van der Waals surface area contributed by atoms with Crippen LogP contribution in [0.5, 0.6) is 17.2 Å². The smallest absolute Gasteiger partial charge is 0.153 e. The molecule has 0 spiro atoms. The lowest BCUT2D eigenvalue weighted by Crippen LogP contribution is -2.10. The topological polar surface area (TPSA) is 44.8 Å². The Labute approximate surface area is 140 Å². The van der Waals surface area contributed by atoms with Crippen LogP contribution in [-0.2, 0) is 0 Å². The van der Waals surface area contributed by atoms with E-state index in [9.17, 15) is 4.79 Å². The summed E-state index contributed by atoms with van der Waals surface area (Å²) in [4.78, 5) is 11.0. The van der Waals surface area contributed by atoms with Crippen LogP contribution in [0.15, 0.2) is 30.3 Å². The fourth-order valence-electron chi connectivity index (χ4n) is 2.16. The van der Waals surface area contributed by atoms with E-state index in [0.717, 1.165) is 28.2 Å². The van der Waals surface area contributed by atoms with Gasteiger partial charge in [-0.1, -0.05) is 11.6 Å². The van der Waals surface area contributed by atoms with Crippen molar-refractivity contribution in [2.24, 2.45) is 0 Å². The predicted octanol–water partition coefficient (Wildman–Crippen LogP) is 4.24. The van der Waals surface area contributed by atoms with E-state index in [1.54, 1.807) is 25.3 Å². The number of carbonyl (C=O) groups excluding carboxylic acids is 1. The molecule has 2 aromatic rings. The van der Waals surface area contributed by atoms with Gasteiger partial charge < -0.3 is 14.2 Å². The normalized spacial score (nSPS) is 10.3. The van der Waals surface area contributed by atoms with Crippen LogP contribution in [0.3, 0.4) is 0 Å². The van der Waals surface area contributed by atoms with E-state index in [4.69, 9.17) is 25.8 Å². The van der Waals surface area contributed by atoms with Crippen LogP contribution in [-0.4, -0.2) is 26.6 Å². The van der Waals surface area contributed by atoms with Crippen LogP contribution in [0.25, 0.3) is 0 Å². The Kier molecular flexibility index (Phi) is 5.88. The van der Waals surface area contributed by atoms with E-state index in [0.29, 0.717) is 30.3 Å². The molecule has 0 N–H and O–H groups in total. The second-order valence-electron chi connectivity index (χ2n) is 5.09. The second-order valence-corrected chi connectivity index (χ2v) is 5.47. The molecule has 0 aliphatic carbocycles. The highest BCUT2D eigenvalue weighted by Crippen LogP contribution is 2.26. The third-order valence-electron chi connectivity index (χ3n) is 3.37. The molecular weight excluding hydrogens is 316 g/mol. The largest absolute Gasteiger partial charge is 0.497 e. The van der Waals surface area contributed by atoms with Gasteiger partial charge in [-0.05, 0) is 49.2 Å². The van der Waals surface area contributed by atoms with Crippen molar-refractivity contribution < 1.29 is 19.0 Å². The van der Waals surface area contributed by atoms with Crippen LogP contribution in [0.2, 0.25) is 5.02 Å². The van der Waals surface area contributed by atoms with Gasteiger partial charge in [-0.2, -0.15) is 0 Å². The quantitative estimate of drug-likeness (QED) is 0.561. The molecule has 0 aliphatic rings. The first-order valence-corrected chi connectivity index (χ1v) is 7.58. The molecule has 0 bridgehead atoms. The monoisotopic (exact) mass is 334 g/mol. The molecule has 0 amide bonds. The van der Waals surface area contributed by atoms with Crippen molar-refractivity contribution in [1.29, 1.82) is 0 Å². The number of hydrogen-bond acceptors (Lipinski definition) is 4. The van der Waals surface area contributed by atoms with Crippen molar-refractivity contribution in [3.8, 4) is 17.2 Å². The minimum absolute atomic E-state index is 0.314. The Morgan fingerprint density at radius 1 is 1.00 bits per heavy atom. The zero-order valence-corrected chi connectivity index (χ0v) is 14.1. The molecule has 0 saturated carbocycles.